The third kappa shape index (κ3) is 3.29. The molecular formula is C15H19NO2. The van der Waals surface area contributed by atoms with Gasteiger partial charge in [0.05, 0.1) is 25.1 Å². The summed E-state index contributed by atoms with van der Waals surface area (Å²) in [5, 5.41) is 3.35. The molecule has 3 heteroatoms. The minimum absolute atomic E-state index is 0.666. The molecule has 1 N–H and O–H groups in total. The second-order valence-electron chi connectivity index (χ2n) is 4.28. The van der Waals surface area contributed by atoms with Crippen molar-refractivity contribution >= 4 is 5.69 Å². The summed E-state index contributed by atoms with van der Waals surface area (Å²) in [4.78, 5) is 0. The van der Waals surface area contributed by atoms with E-state index in [0.29, 0.717) is 6.54 Å². The van der Waals surface area contributed by atoms with Gasteiger partial charge < -0.3 is 14.5 Å². The number of hydrogen-bond donors (Lipinski definition) is 1. The van der Waals surface area contributed by atoms with Gasteiger partial charge in [0.1, 0.15) is 11.5 Å². The second kappa shape index (κ2) is 6.15. The lowest BCUT2D eigenvalue weighted by Crippen LogP contribution is -2.03. The number of benzene rings is 1. The molecule has 0 saturated carbocycles. The van der Waals surface area contributed by atoms with Crippen LogP contribution in [0.2, 0.25) is 0 Å². The van der Waals surface area contributed by atoms with E-state index in [1.54, 1.807) is 6.26 Å². The Kier molecular flexibility index (Phi) is 4.29. The maximum Gasteiger partial charge on any atom is 0.142 e. The first-order valence-electron chi connectivity index (χ1n) is 6.29. The molecule has 2 aromatic rings. The highest BCUT2D eigenvalue weighted by atomic mass is 16.5. The van der Waals surface area contributed by atoms with Crippen molar-refractivity contribution in [2.75, 3.05) is 11.9 Å². The Balaban J connectivity index is 2.06. The third-order valence-corrected chi connectivity index (χ3v) is 2.63. The van der Waals surface area contributed by atoms with Crippen LogP contribution >= 0.6 is 0 Å². The molecule has 0 radical (unpaired) electrons. The Morgan fingerprint density at radius 2 is 2.17 bits per heavy atom. The van der Waals surface area contributed by atoms with Crippen molar-refractivity contribution in [3.8, 4) is 5.75 Å². The molecular weight excluding hydrogens is 226 g/mol. The maximum atomic E-state index is 5.72. The topological polar surface area (TPSA) is 34.4 Å². The lowest BCUT2D eigenvalue weighted by atomic mass is 10.2. The first kappa shape index (κ1) is 12.6. The van der Waals surface area contributed by atoms with Crippen molar-refractivity contribution < 1.29 is 9.15 Å². The Morgan fingerprint density at radius 3 is 2.89 bits per heavy atom. The summed E-state index contributed by atoms with van der Waals surface area (Å²) in [7, 11) is 0. The molecule has 1 aromatic carbocycles. The van der Waals surface area contributed by atoms with Crippen LogP contribution in [0.5, 0.6) is 5.75 Å². The van der Waals surface area contributed by atoms with Gasteiger partial charge in [-0.25, -0.2) is 0 Å². The zero-order chi connectivity index (χ0) is 12.8. The van der Waals surface area contributed by atoms with Gasteiger partial charge in [-0.05, 0) is 43.2 Å². The van der Waals surface area contributed by atoms with Crippen LogP contribution in [-0.2, 0) is 6.54 Å². The molecule has 0 saturated heterocycles. The average molecular weight is 245 g/mol. The summed E-state index contributed by atoms with van der Waals surface area (Å²) in [6, 6.07) is 10.0. The van der Waals surface area contributed by atoms with Gasteiger partial charge >= 0.3 is 0 Å². The van der Waals surface area contributed by atoms with Crippen LogP contribution in [0.3, 0.4) is 0 Å². The van der Waals surface area contributed by atoms with E-state index < -0.39 is 0 Å². The molecule has 0 unspecified atom stereocenters. The highest BCUT2D eigenvalue weighted by molar-refractivity contribution is 5.58. The van der Waals surface area contributed by atoms with Crippen molar-refractivity contribution in [3.05, 3.63) is 47.9 Å². The molecule has 18 heavy (non-hydrogen) atoms. The van der Waals surface area contributed by atoms with Gasteiger partial charge in [-0.1, -0.05) is 13.0 Å². The molecule has 0 aliphatic rings. The van der Waals surface area contributed by atoms with Crippen LogP contribution in [-0.4, -0.2) is 6.61 Å². The Hall–Kier alpha value is -1.90. The summed E-state index contributed by atoms with van der Waals surface area (Å²) in [6.07, 6.45) is 2.69. The number of aryl methyl sites for hydroxylation is 1. The van der Waals surface area contributed by atoms with E-state index in [4.69, 9.17) is 9.15 Å². The van der Waals surface area contributed by atoms with E-state index in [0.717, 1.165) is 30.2 Å². The molecule has 0 fully saturated rings. The van der Waals surface area contributed by atoms with Crippen molar-refractivity contribution in [2.45, 2.75) is 26.8 Å². The van der Waals surface area contributed by atoms with Crippen molar-refractivity contribution in [1.82, 2.24) is 0 Å². The van der Waals surface area contributed by atoms with E-state index in [2.05, 4.69) is 31.3 Å². The van der Waals surface area contributed by atoms with E-state index in [-0.39, 0.29) is 0 Å². The maximum absolute atomic E-state index is 5.72. The summed E-state index contributed by atoms with van der Waals surface area (Å²) in [5.74, 6) is 1.81. The highest BCUT2D eigenvalue weighted by Crippen LogP contribution is 2.26. The molecule has 0 spiro atoms. The largest absolute Gasteiger partial charge is 0.491 e. The Morgan fingerprint density at radius 1 is 1.28 bits per heavy atom. The zero-order valence-electron chi connectivity index (χ0n) is 10.9. The monoisotopic (exact) mass is 245 g/mol. The van der Waals surface area contributed by atoms with Crippen LogP contribution in [0.4, 0.5) is 5.69 Å². The fourth-order valence-electron chi connectivity index (χ4n) is 1.72. The second-order valence-corrected chi connectivity index (χ2v) is 4.28. The van der Waals surface area contributed by atoms with Crippen LogP contribution in [0.15, 0.2) is 41.0 Å². The van der Waals surface area contributed by atoms with Gasteiger partial charge in [0.15, 0.2) is 0 Å². The summed E-state index contributed by atoms with van der Waals surface area (Å²) in [6.45, 7) is 5.57. The third-order valence-electron chi connectivity index (χ3n) is 2.63. The number of ether oxygens (including phenoxy) is 1. The predicted octanol–water partition coefficient (Wildman–Crippen LogP) is 3.99. The number of rotatable bonds is 6. The van der Waals surface area contributed by atoms with E-state index in [9.17, 15) is 0 Å². The summed E-state index contributed by atoms with van der Waals surface area (Å²) in [5.41, 5.74) is 2.22. The first-order valence-corrected chi connectivity index (χ1v) is 6.29. The van der Waals surface area contributed by atoms with Gasteiger partial charge in [-0.3, -0.25) is 0 Å². The van der Waals surface area contributed by atoms with E-state index >= 15 is 0 Å². The van der Waals surface area contributed by atoms with Crippen LogP contribution in [0, 0.1) is 6.92 Å². The molecule has 1 aromatic heterocycles. The molecule has 2 rings (SSSR count). The zero-order valence-corrected chi connectivity index (χ0v) is 10.9. The highest BCUT2D eigenvalue weighted by Gasteiger charge is 2.04. The SMILES string of the molecule is CCCOc1ccc(C)cc1NCc1ccco1. The van der Waals surface area contributed by atoms with Crippen molar-refractivity contribution in [3.63, 3.8) is 0 Å². The molecule has 1 heterocycles. The van der Waals surface area contributed by atoms with Crippen LogP contribution < -0.4 is 10.1 Å². The summed E-state index contributed by atoms with van der Waals surface area (Å²) < 4.78 is 11.0. The average Bonchev–Trinajstić information content (AvgIpc) is 2.88. The molecule has 0 amide bonds. The van der Waals surface area contributed by atoms with Crippen molar-refractivity contribution in [1.29, 1.82) is 0 Å². The lowest BCUT2D eigenvalue weighted by Gasteiger charge is -2.13. The standard InChI is InChI=1S/C15H19NO2/c1-3-8-18-15-7-6-12(2)10-14(15)16-11-13-5-4-9-17-13/h4-7,9-10,16H,3,8,11H2,1-2H3. The fourth-order valence-corrected chi connectivity index (χ4v) is 1.72. The normalized spacial score (nSPS) is 10.3. The van der Waals surface area contributed by atoms with Crippen LogP contribution in [0.1, 0.15) is 24.7 Å². The van der Waals surface area contributed by atoms with E-state index in [1.165, 1.54) is 5.56 Å². The number of anilines is 1. The van der Waals surface area contributed by atoms with Crippen molar-refractivity contribution in [2.24, 2.45) is 0 Å². The van der Waals surface area contributed by atoms with Gasteiger partial charge in [0.2, 0.25) is 0 Å². The molecule has 3 nitrogen and oxygen atoms in total. The fraction of sp³-hybridized carbons (Fsp3) is 0.333. The Bertz CT molecular complexity index is 477. The van der Waals surface area contributed by atoms with E-state index in [1.807, 2.05) is 18.2 Å². The number of nitrogens with one attached hydrogen (secondary N) is 1. The number of hydrogen-bond acceptors (Lipinski definition) is 3. The lowest BCUT2D eigenvalue weighted by molar-refractivity contribution is 0.318. The van der Waals surface area contributed by atoms with Gasteiger partial charge in [-0.2, -0.15) is 0 Å². The van der Waals surface area contributed by atoms with Crippen LogP contribution in [0.25, 0.3) is 0 Å². The molecule has 96 valence electrons. The van der Waals surface area contributed by atoms with Gasteiger partial charge in [-0.15, -0.1) is 0 Å². The van der Waals surface area contributed by atoms with Gasteiger partial charge in [0, 0.05) is 0 Å². The van der Waals surface area contributed by atoms with Gasteiger partial charge in [0.25, 0.3) is 0 Å². The molecule has 0 bridgehead atoms. The quantitative estimate of drug-likeness (QED) is 0.835. The number of furan rings is 1. The smallest absolute Gasteiger partial charge is 0.142 e. The molecule has 0 aliphatic carbocycles. The Labute approximate surface area is 108 Å². The summed E-state index contributed by atoms with van der Waals surface area (Å²) >= 11 is 0. The minimum atomic E-state index is 0.666. The predicted molar refractivity (Wildman–Crippen MR) is 73.0 cm³/mol. The molecule has 0 aliphatic heterocycles. The first-order chi connectivity index (χ1) is 8.79. The minimum Gasteiger partial charge on any atom is -0.491 e. The molecule has 0 atom stereocenters.